The second kappa shape index (κ2) is 5.50. The van der Waals surface area contributed by atoms with Crippen LogP contribution in [-0.4, -0.2) is 5.66 Å². The minimum atomic E-state index is -0.736. The minimum absolute atomic E-state index is 0.129. The molecule has 1 aromatic carbocycles. The van der Waals surface area contributed by atoms with Crippen LogP contribution in [0.25, 0.3) is 5.57 Å². The van der Waals surface area contributed by atoms with Gasteiger partial charge in [0.1, 0.15) is 0 Å². The molecule has 4 N–H and O–H groups in total. The molecule has 0 spiro atoms. The number of rotatable bonds is 3. The average Bonchev–Trinajstić information content (AvgIpc) is 2.41. The summed E-state index contributed by atoms with van der Waals surface area (Å²) in [6, 6.07) is 10.6. The van der Waals surface area contributed by atoms with Crippen molar-refractivity contribution in [1.29, 1.82) is 0 Å². The van der Waals surface area contributed by atoms with E-state index in [4.69, 9.17) is 11.5 Å². The van der Waals surface area contributed by atoms with E-state index in [9.17, 15) is 0 Å². The molecule has 22 heavy (non-hydrogen) atoms. The van der Waals surface area contributed by atoms with Gasteiger partial charge in [-0.1, -0.05) is 78.0 Å². The van der Waals surface area contributed by atoms with Crippen LogP contribution in [0.2, 0.25) is 0 Å². The van der Waals surface area contributed by atoms with E-state index in [1.54, 1.807) is 0 Å². The number of benzene rings is 1. The fourth-order valence-electron chi connectivity index (χ4n) is 4.54. The SMILES string of the molecule is CC(C)C1(C(C)C)CC(c2ccccc2)=CC(C)(C)C1(N)N. The van der Waals surface area contributed by atoms with E-state index in [1.807, 2.05) is 0 Å². The quantitative estimate of drug-likeness (QED) is 0.812. The molecule has 2 nitrogen and oxygen atoms in total. The molecule has 0 aromatic heterocycles. The molecule has 2 rings (SSSR count). The van der Waals surface area contributed by atoms with Crippen molar-refractivity contribution in [3.8, 4) is 0 Å². The Kier molecular flexibility index (Phi) is 4.31. The van der Waals surface area contributed by atoms with E-state index in [0.717, 1.165) is 6.42 Å². The smallest absolute Gasteiger partial charge is 0.0790 e. The van der Waals surface area contributed by atoms with Gasteiger partial charge in [-0.2, -0.15) is 0 Å². The van der Waals surface area contributed by atoms with Crippen LogP contribution < -0.4 is 11.5 Å². The van der Waals surface area contributed by atoms with Gasteiger partial charge in [0.05, 0.1) is 5.66 Å². The van der Waals surface area contributed by atoms with Crippen molar-refractivity contribution in [3.05, 3.63) is 42.0 Å². The summed E-state index contributed by atoms with van der Waals surface area (Å²) in [4.78, 5) is 0. The molecule has 0 heterocycles. The van der Waals surface area contributed by atoms with Gasteiger partial charge >= 0.3 is 0 Å². The zero-order valence-electron chi connectivity index (χ0n) is 15.0. The van der Waals surface area contributed by atoms with Gasteiger partial charge in [0.2, 0.25) is 0 Å². The van der Waals surface area contributed by atoms with Crippen molar-refractivity contribution < 1.29 is 0 Å². The van der Waals surface area contributed by atoms with Crippen molar-refractivity contribution in [2.75, 3.05) is 0 Å². The van der Waals surface area contributed by atoms with E-state index >= 15 is 0 Å². The predicted octanol–water partition coefficient (Wildman–Crippen LogP) is 4.41. The van der Waals surface area contributed by atoms with Gasteiger partial charge < -0.3 is 11.5 Å². The molecule has 0 amide bonds. The third-order valence-corrected chi connectivity index (χ3v) is 6.06. The molecule has 1 aliphatic carbocycles. The van der Waals surface area contributed by atoms with Crippen LogP contribution in [-0.2, 0) is 0 Å². The number of nitrogens with two attached hydrogens (primary N) is 2. The molecule has 0 unspecified atom stereocenters. The third-order valence-electron chi connectivity index (χ3n) is 6.06. The molecule has 122 valence electrons. The maximum absolute atomic E-state index is 6.81. The molecule has 0 fully saturated rings. The molecule has 0 atom stereocenters. The molecule has 0 bridgehead atoms. The summed E-state index contributed by atoms with van der Waals surface area (Å²) >= 11 is 0. The summed E-state index contributed by atoms with van der Waals surface area (Å²) in [5, 5.41) is 0. The van der Waals surface area contributed by atoms with Gasteiger partial charge in [-0.25, -0.2) is 0 Å². The lowest BCUT2D eigenvalue weighted by Gasteiger charge is -2.61. The van der Waals surface area contributed by atoms with Crippen LogP contribution in [0.15, 0.2) is 36.4 Å². The van der Waals surface area contributed by atoms with Crippen LogP contribution in [0.3, 0.4) is 0 Å². The molecular weight excluding hydrogens is 268 g/mol. The summed E-state index contributed by atoms with van der Waals surface area (Å²) in [6.45, 7) is 13.4. The molecule has 0 aliphatic heterocycles. The highest BCUT2D eigenvalue weighted by Crippen LogP contribution is 2.58. The fourth-order valence-corrected chi connectivity index (χ4v) is 4.54. The molecule has 0 saturated carbocycles. The lowest BCUT2D eigenvalue weighted by molar-refractivity contribution is -0.0444. The summed E-state index contributed by atoms with van der Waals surface area (Å²) < 4.78 is 0. The van der Waals surface area contributed by atoms with E-state index in [0.29, 0.717) is 11.8 Å². The minimum Gasteiger partial charge on any atom is -0.312 e. The Morgan fingerprint density at radius 1 is 0.909 bits per heavy atom. The first-order valence-electron chi connectivity index (χ1n) is 8.41. The lowest BCUT2D eigenvalue weighted by atomic mass is 9.49. The number of hydrogen-bond donors (Lipinski definition) is 2. The molecular formula is C20H32N2. The van der Waals surface area contributed by atoms with Gasteiger partial charge in [-0.05, 0) is 29.4 Å². The Morgan fingerprint density at radius 3 is 1.86 bits per heavy atom. The predicted molar refractivity (Wildman–Crippen MR) is 96.0 cm³/mol. The first-order valence-corrected chi connectivity index (χ1v) is 8.41. The van der Waals surface area contributed by atoms with Gasteiger partial charge in [-0.3, -0.25) is 0 Å². The number of hydrogen-bond acceptors (Lipinski definition) is 2. The van der Waals surface area contributed by atoms with Crippen molar-refractivity contribution >= 4 is 5.57 Å². The second-order valence-electron chi connectivity index (χ2n) is 8.15. The van der Waals surface area contributed by atoms with Crippen molar-refractivity contribution in [1.82, 2.24) is 0 Å². The second-order valence-corrected chi connectivity index (χ2v) is 8.15. The Bertz CT molecular complexity index is 542. The Morgan fingerprint density at radius 2 is 1.41 bits per heavy atom. The van der Waals surface area contributed by atoms with Crippen LogP contribution in [0, 0.1) is 22.7 Å². The zero-order chi connectivity index (χ0) is 16.8. The summed E-state index contributed by atoms with van der Waals surface area (Å²) in [5.41, 5.74) is 15.2. The van der Waals surface area contributed by atoms with Gasteiger partial charge in [-0.15, -0.1) is 0 Å². The van der Waals surface area contributed by atoms with Crippen molar-refractivity contribution in [2.45, 2.75) is 53.6 Å². The molecule has 1 aliphatic rings. The van der Waals surface area contributed by atoms with Gasteiger partial charge in [0.15, 0.2) is 0 Å². The highest BCUT2D eigenvalue weighted by Gasteiger charge is 2.59. The van der Waals surface area contributed by atoms with Crippen molar-refractivity contribution in [3.63, 3.8) is 0 Å². The largest absolute Gasteiger partial charge is 0.312 e. The first kappa shape index (κ1) is 17.2. The third kappa shape index (κ3) is 2.33. The van der Waals surface area contributed by atoms with E-state index in [1.165, 1.54) is 11.1 Å². The molecule has 1 aromatic rings. The Labute approximate surface area is 136 Å². The van der Waals surface area contributed by atoms with Crippen LogP contribution in [0.1, 0.15) is 53.5 Å². The van der Waals surface area contributed by atoms with E-state index in [-0.39, 0.29) is 10.8 Å². The highest BCUT2D eigenvalue weighted by molar-refractivity contribution is 5.69. The average molecular weight is 300 g/mol. The maximum Gasteiger partial charge on any atom is 0.0790 e. The lowest BCUT2D eigenvalue weighted by Crippen LogP contribution is -2.74. The summed E-state index contributed by atoms with van der Waals surface area (Å²) in [5.74, 6) is 0.823. The Balaban J connectivity index is 2.66. The fraction of sp³-hybridized carbons (Fsp3) is 0.600. The number of allylic oxidation sites excluding steroid dienone is 1. The van der Waals surface area contributed by atoms with E-state index < -0.39 is 5.66 Å². The van der Waals surface area contributed by atoms with Crippen LogP contribution >= 0.6 is 0 Å². The normalized spacial score (nSPS) is 22.7. The van der Waals surface area contributed by atoms with Crippen molar-refractivity contribution in [2.24, 2.45) is 34.1 Å². The van der Waals surface area contributed by atoms with Crippen LogP contribution in [0.4, 0.5) is 0 Å². The molecule has 2 heteroatoms. The first-order chi connectivity index (χ1) is 10.1. The van der Waals surface area contributed by atoms with Gasteiger partial charge in [0, 0.05) is 10.8 Å². The summed E-state index contributed by atoms with van der Waals surface area (Å²) in [6.07, 6.45) is 3.23. The molecule has 0 saturated heterocycles. The topological polar surface area (TPSA) is 52.0 Å². The maximum atomic E-state index is 6.81. The summed E-state index contributed by atoms with van der Waals surface area (Å²) in [7, 11) is 0. The van der Waals surface area contributed by atoms with Gasteiger partial charge in [0.25, 0.3) is 0 Å². The zero-order valence-corrected chi connectivity index (χ0v) is 15.0. The van der Waals surface area contributed by atoms with Crippen LogP contribution in [0.5, 0.6) is 0 Å². The molecule has 0 radical (unpaired) electrons. The Hall–Kier alpha value is -1.12. The van der Waals surface area contributed by atoms with E-state index in [2.05, 4.69) is 78.0 Å². The standard InChI is InChI=1S/C20H32N2/c1-14(2)19(15(3)4)13-17(16-10-8-7-9-11-16)12-18(5,6)20(19,21)22/h7-12,14-15H,13,21-22H2,1-6H3. The highest BCUT2D eigenvalue weighted by atomic mass is 15.0. The monoisotopic (exact) mass is 300 g/mol.